The van der Waals surface area contributed by atoms with Crippen molar-refractivity contribution >= 4 is 23.0 Å². The van der Waals surface area contributed by atoms with E-state index in [9.17, 15) is 10.1 Å². The maximum atomic E-state index is 11.5. The van der Waals surface area contributed by atoms with Gasteiger partial charge < -0.3 is 10.1 Å². The highest BCUT2D eigenvalue weighted by Gasteiger charge is 2.42. The maximum Gasteiger partial charge on any atom is 0.275 e. The number of hydrogen-bond acceptors (Lipinski definition) is 5. The number of hydrogen-bond donors (Lipinski definition) is 1. The molecule has 4 rings (SSSR count). The SMILES string of the molecule is N#CCOc1ccc([C@@H]2Nc3c(Cl)ccc([N+](=O)[O-])c3[C@@H]3C=CC[C@@H]32)cc1. The molecule has 0 spiro atoms. The van der Waals surface area contributed by atoms with Gasteiger partial charge in [-0.3, -0.25) is 10.1 Å². The van der Waals surface area contributed by atoms with Gasteiger partial charge in [0.05, 0.1) is 27.2 Å². The minimum atomic E-state index is -0.346. The van der Waals surface area contributed by atoms with Crippen LogP contribution >= 0.6 is 11.6 Å². The molecule has 1 aliphatic heterocycles. The molecule has 7 heteroatoms. The Morgan fingerprint density at radius 1 is 1.30 bits per heavy atom. The summed E-state index contributed by atoms with van der Waals surface area (Å²) in [6, 6.07) is 12.5. The molecule has 3 atom stereocenters. The van der Waals surface area contributed by atoms with E-state index in [4.69, 9.17) is 21.6 Å². The van der Waals surface area contributed by atoms with Crippen molar-refractivity contribution in [2.24, 2.45) is 5.92 Å². The molecule has 2 aliphatic rings. The normalized spacial score (nSPS) is 22.3. The Hall–Kier alpha value is -3.04. The van der Waals surface area contributed by atoms with E-state index in [2.05, 4.69) is 11.4 Å². The van der Waals surface area contributed by atoms with E-state index in [0.717, 1.165) is 12.0 Å². The zero-order valence-electron chi connectivity index (χ0n) is 14.3. The number of anilines is 1. The van der Waals surface area contributed by atoms with E-state index in [0.29, 0.717) is 22.0 Å². The highest BCUT2D eigenvalue weighted by molar-refractivity contribution is 6.33. The molecule has 1 N–H and O–H groups in total. The molecule has 0 amide bonds. The van der Waals surface area contributed by atoms with Crippen LogP contribution in [0.2, 0.25) is 5.02 Å². The van der Waals surface area contributed by atoms with Gasteiger partial charge in [-0.15, -0.1) is 0 Å². The molecule has 1 heterocycles. The minimum absolute atomic E-state index is 0.00228. The Morgan fingerprint density at radius 2 is 2.07 bits per heavy atom. The predicted molar refractivity (Wildman–Crippen MR) is 102 cm³/mol. The van der Waals surface area contributed by atoms with E-state index >= 15 is 0 Å². The fraction of sp³-hybridized carbons (Fsp3) is 0.250. The minimum Gasteiger partial charge on any atom is -0.479 e. The van der Waals surface area contributed by atoms with Crippen LogP contribution in [0.4, 0.5) is 11.4 Å². The average molecular weight is 382 g/mol. The Labute approximate surface area is 161 Å². The molecule has 0 fully saturated rings. The summed E-state index contributed by atoms with van der Waals surface area (Å²) in [6.45, 7) is 0.00228. The van der Waals surface area contributed by atoms with Crippen LogP contribution < -0.4 is 10.1 Å². The van der Waals surface area contributed by atoms with Crippen molar-refractivity contribution < 1.29 is 9.66 Å². The number of nitrogens with one attached hydrogen (secondary N) is 1. The molecular formula is C20H16ClN3O3. The van der Waals surface area contributed by atoms with Gasteiger partial charge in [-0.2, -0.15) is 5.26 Å². The fourth-order valence-corrected chi connectivity index (χ4v) is 4.25. The number of halogens is 1. The first-order valence-corrected chi connectivity index (χ1v) is 8.97. The first-order chi connectivity index (χ1) is 13.1. The van der Waals surface area contributed by atoms with Gasteiger partial charge in [0.1, 0.15) is 11.8 Å². The van der Waals surface area contributed by atoms with Crippen LogP contribution in [0, 0.1) is 27.4 Å². The van der Waals surface area contributed by atoms with Gasteiger partial charge in [-0.25, -0.2) is 0 Å². The Kier molecular flexibility index (Phi) is 4.46. The first kappa shape index (κ1) is 17.4. The number of fused-ring (bicyclic) bond motifs is 3. The van der Waals surface area contributed by atoms with Crippen LogP contribution in [0.15, 0.2) is 48.6 Å². The topological polar surface area (TPSA) is 88.2 Å². The molecule has 1 aliphatic carbocycles. The Balaban J connectivity index is 1.73. The van der Waals surface area contributed by atoms with Crippen molar-refractivity contribution in [1.82, 2.24) is 0 Å². The molecule has 2 aromatic rings. The van der Waals surface area contributed by atoms with Gasteiger partial charge in [0, 0.05) is 12.0 Å². The summed E-state index contributed by atoms with van der Waals surface area (Å²) in [5, 5.41) is 24.1. The largest absolute Gasteiger partial charge is 0.479 e. The van der Waals surface area contributed by atoms with Crippen molar-refractivity contribution in [3.63, 3.8) is 0 Å². The highest BCUT2D eigenvalue weighted by Crippen LogP contribution is 2.54. The second-order valence-corrected chi connectivity index (χ2v) is 7.01. The van der Waals surface area contributed by atoms with Crippen LogP contribution in [0.3, 0.4) is 0 Å². The van der Waals surface area contributed by atoms with E-state index in [-0.39, 0.29) is 35.1 Å². The van der Waals surface area contributed by atoms with Crippen molar-refractivity contribution in [3.05, 3.63) is 74.8 Å². The third-order valence-electron chi connectivity index (χ3n) is 5.19. The third-order valence-corrected chi connectivity index (χ3v) is 5.50. The van der Waals surface area contributed by atoms with Crippen molar-refractivity contribution in [2.75, 3.05) is 11.9 Å². The number of rotatable bonds is 4. The lowest BCUT2D eigenvalue weighted by Crippen LogP contribution is -2.29. The molecular weight excluding hydrogens is 366 g/mol. The van der Waals surface area contributed by atoms with Crippen LogP contribution in [0.1, 0.15) is 29.5 Å². The van der Waals surface area contributed by atoms with Gasteiger partial charge in [0.2, 0.25) is 0 Å². The van der Waals surface area contributed by atoms with Crippen molar-refractivity contribution in [1.29, 1.82) is 5.26 Å². The second kappa shape index (κ2) is 6.93. The van der Waals surface area contributed by atoms with E-state index in [1.54, 1.807) is 6.07 Å². The zero-order chi connectivity index (χ0) is 19.0. The lowest BCUT2D eigenvalue weighted by Gasteiger charge is -2.37. The third kappa shape index (κ3) is 3.00. The summed E-state index contributed by atoms with van der Waals surface area (Å²) < 4.78 is 5.31. The first-order valence-electron chi connectivity index (χ1n) is 8.60. The number of nitro groups is 1. The number of ether oxygens (including phenoxy) is 1. The molecule has 0 unspecified atom stereocenters. The van der Waals surface area contributed by atoms with Crippen LogP contribution in [0.5, 0.6) is 5.75 Å². The predicted octanol–water partition coefficient (Wildman–Crippen LogP) is 4.98. The monoisotopic (exact) mass is 381 g/mol. The van der Waals surface area contributed by atoms with Gasteiger partial charge in [-0.1, -0.05) is 35.9 Å². The number of nitro benzene ring substituents is 1. The lowest BCUT2D eigenvalue weighted by atomic mass is 9.76. The van der Waals surface area contributed by atoms with Gasteiger partial charge in [0.15, 0.2) is 6.61 Å². The van der Waals surface area contributed by atoms with Gasteiger partial charge in [0.25, 0.3) is 5.69 Å². The fourth-order valence-electron chi connectivity index (χ4n) is 4.03. The highest BCUT2D eigenvalue weighted by atomic mass is 35.5. The molecule has 2 aromatic carbocycles. The van der Waals surface area contributed by atoms with Crippen LogP contribution in [-0.4, -0.2) is 11.5 Å². The van der Waals surface area contributed by atoms with Crippen molar-refractivity contribution in [3.8, 4) is 11.8 Å². The van der Waals surface area contributed by atoms with Crippen LogP contribution in [0.25, 0.3) is 0 Å². The molecule has 0 radical (unpaired) electrons. The van der Waals surface area contributed by atoms with E-state index in [1.807, 2.05) is 36.4 Å². The molecule has 0 bridgehead atoms. The van der Waals surface area contributed by atoms with E-state index in [1.165, 1.54) is 6.07 Å². The number of nitriles is 1. The molecule has 0 saturated carbocycles. The summed E-state index contributed by atoms with van der Waals surface area (Å²) >= 11 is 6.38. The van der Waals surface area contributed by atoms with E-state index < -0.39 is 0 Å². The summed E-state index contributed by atoms with van der Waals surface area (Å²) in [5.74, 6) is 0.742. The number of allylic oxidation sites excluding steroid dienone is 2. The summed E-state index contributed by atoms with van der Waals surface area (Å²) in [6.07, 6.45) is 4.96. The summed E-state index contributed by atoms with van der Waals surface area (Å²) in [7, 11) is 0. The molecule has 0 saturated heterocycles. The molecule has 136 valence electrons. The number of nitrogens with zero attached hydrogens (tertiary/aromatic N) is 2. The Morgan fingerprint density at radius 3 is 2.78 bits per heavy atom. The molecule has 0 aromatic heterocycles. The number of benzene rings is 2. The standard InChI is InChI=1S/C20H16ClN3O3/c21-16-8-9-17(24(25)26)18-14-2-1-3-15(14)19(23-20(16)18)12-4-6-13(7-5-12)27-11-10-22/h1-2,4-9,14-15,19,23H,3,11H2/t14-,15+,19+/m1/s1. The summed E-state index contributed by atoms with van der Waals surface area (Å²) in [5.41, 5.74) is 2.44. The maximum absolute atomic E-state index is 11.5. The zero-order valence-corrected chi connectivity index (χ0v) is 15.0. The molecule has 27 heavy (non-hydrogen) atoms. The van der Waals surface area contributed by atoms with Crippen molar-refractivity contribution in [2.45, 2.75) is 18.4 Å². The second-order valence-electron chi connectivity index (χ2n) is 6.60. The summed E-state index contributed by atoms with van der Waals surface area (Å²) in [4.78, 5) is 11.2. The lowest BCUT2D eigenvalue weighted by molar-refractivity contribution is -0.385. The quantitative estimate of drug-likeness (QED) is 0.458. The van der Waals surface area contributed by atoms with Gasteiger partial charge in [-0.05, 0) is 36.1 Å². The van der Waals surface area contributed by atoms with Gasteiger partial charge >= 0.3 is 0 Å². The smallest absolute Gasteiger partial charge is 0.275 e. The average Bonchev–Trinajstić information content (AvgIpc) is 3.16. The Bertz CT molecular complexity index is 966. The molecule has 6 nitrogen and oxygen atoms in total. The van der Waals surface area contributed by atoms with Crippen LogP contribution in [-0.2, 0) is 0 Å².